The molecule has 0 amide bonds. The molecule has 1 aromatic carbocycles. The van der Waals surface area contributed by atoms with Crippen LogP contribution < -0.4 is 15.6 Å². The van der Waals surface area contributed by atoms with Crippen molar-refractivity contribution in [2.75, 3.05) is 31.6 Å². The molecule has 2 fully saturated rings. The van der Waals surface area contributed by atoms with Crippen LogP contribution in [0.5, 0.6) is 5.75 Å². The molecule has 4 aromatic rings. The third-order valence-electron chi connectivity index (χ3n) is 7.86. The van der Waals surface area contributed by atoms with Gasteiger partial charge in [0.1, 0.15) is 29.9 Å². The Balaban J connectivity index is 1.09. The monoisotopic (exact) mass is 571 g/mol. The molecule has 42 heavy (non-hydrogen) atoms. The largest absolute Gasteiger partial charge is 0.487 e. The number of anilines is 2. The second kappa shape index (κ2) is 12.5. The average molecular weight is 572 g/mol. The van der Waals surface area contributed by atoms with Crippen molar-refractivity contribution in [1.82, 2.24) is 44.9 Å². The van der Waals surface area contributed by atoms with Gasteiger partial charge in [0.25, 0.3) is 5.56 Å². The Labute approximate surface area is 242 Å². The fourth-order valence-corrected chi connectivity index (χ4v) is 5.67. The topological polar surface area (TPSA) is 165 Å². The van der Waals surface area contributed by atoms with Crippen LogP contribution in [0.25, 0.3) is 11.1 Å². The van der Waals surface area contributed by atoms with Crippen LogP contribution in [0.1, 0.15) is 44.2 Å². The number of aromatic nitrogens is 8. The lowest BCUT2D eigenvalue weighted by atomic mass is 9.90. The molecule has 0 spiro atoms. The van der Waals surface area contributed by atoms with Crippen LogP contribution in [0.4, 0.5) is 11.6 Å². The molecule has 218 valence electrons. The SMILES string of the molecule is C[C@@H](Cn1cnnn1)Oc1cc(-c2cnc(Nc3cn(C4CCC(N5CCOCC5)CC4)[nH]c3=O)nc2)ccc1C#N. The van der Waals surface area contributed by atoms with Gasteiger partial charge in [-0.05, 0) is 60.7 Å². The van der Waals surface area contributed by atoms with Crippen molar-refractivity contribution in [2.45, 2.75) is 57.3 Å². The van der Waals surface area contributed by atoms with E-state index < -0.39 is 0 Å². The van der Waals surface area contributed by atoms with Crippen LogP contribution in [-0.4, -0.2) is 83.3 Å². The summed E-state index contributed by atoms with van der Waals surface area (Å²) in [6, 6.07) is 8.34. The van der Waals surface area contributed by atoms with Crippen LogP contribution in [-0.2, 0) is 11.3 Å². The van der Waals surface area contributed by atoms with Crippen molar-refractivity contribution in [3.63, 3.8) is 0 Å². The van der Waals surface area contributed by atoms with Gasteiger partial charge in [-0.3, -0.25) is 19.5 Å². The molecule has 1 saturated heterocycles. The average Bonchev–Trinajstić information content (AvgIpc) is 3.67. The van der Waals surface area contributed by atoms with Crippen molar-refractivity contribution in [2.24, 2.45) is 0 Å². The predicted molar refractivity (Wildman–Crippen MR) is 152 cm³/mol. The third-order valence-corrected chi connectivity index (χ3v) is 7.86. The number of aromatic amines is 1. The van der Waals surface area contributed by atoms with Gasteiger partial charge < -0.3 is 14.8 Å². The van der Waals surface area contributed by atoms with Gasteiger partial charge in [0, 0.05) is 37.1 Å². The first-order chi connectivity index (χ1) is 20.6. The lowest BCUT2D eigenvalue weighted by Gasteiger charge is -2.38. The number of benzene rings is 1. The minimum Gasteiger partial charge on any atom is -0.487 e. The standard InChI is InChI=1S/C28H33N11O3/c1-19(16-38-18-32-35-36-38)42-26-12-20(2-3-21(26)13-29)22-14-30-28(31-15-22)33-25-17-39(34-27(25)40)24-6-4-23(5-7-24)37-8-10-41-11-9-37/h2-3,12,14-15,17-19,23-24H,4-11,16H2,1H3,(H,34,40)(H,30,31,33)/t19-,23?,24?/m0/s1. The number of H-pyrrole nitrogens is 1. The Morgan fingerprint density at radius 3 is 2.62 bits per heavy atom. The number of nitrogens with one attached hydrogen (secondary N) is 2. The van der Waals surface area contributed by atoms with Crippen molar-refractivity contribution < 1.29 is 9.47 Å². The van der Waals surface area contributed by atoms with E-state index in [-0.39, 0.29) is 17.7 Å². The quantitative estimate of drug-likeness (QED) is 0.303. The summed E-state index contributed by atoms with van der Waals surface area (Å²) in [5, 5.41) is 26.7. The van der Waals surface area contributed by atoms with Crippen molar-refractivity contribution in [1.29, 1.82) is 5.26 Å². The summed E-state index contributed by atoms with van der Waals surface area (Å²) in [4.78, 5) is 24.1. The molecular formula is C28H33N11O3. The van der Waals surface area contributed by atoms with Gasteiger partial charge >= 0.3 is 0 Å². The van der Waals surface area contributed by atoms with Gasteiger partial charge in [-0.2, -0.15) is 5.26 Å². The number of rotatable bonds is 9. The molecule has 1 saturated carbocycles. The lowest BCUT2D eigenvalue weighted by Crippen LogP contribution is -2.45. The fourth-order valence-electron chi connectivity index (χ4n) is 5.67. The summed E-state index contributed by atoms with van der Waals surface area (Å²) in [6.07, 6.45) is 10.6. The third kappa shape index (κ3) is 6.32. The lowest BCUT2D eigenvalue weighted by molar-refractivity contribution is 0.00505. The number of hydrogen-bond donors (Lipinski definition) is 2. The van der Waals surface area contributed by atoms with Gasteiger partial charge in [-0.25, -0.2) is 14.6 Å². The number of nitrogens with zero attached hydrogens (tertiary/aromatic N) is 9. The van der Waals surface area contributed by atoms with E-state index in [2.05, 4.69) is 46.9 Å². The van der Waals surface area contributed by atoms with E-state index in [0.717, 1.165) is 63.1 Å². The maximum atomic E-state index is 12.7. The zero-order chi connectivity index (χ0) is 28.9. The summed E-state index contributed by atoms with van der Waals surface area (Å²) >= 11 is 0. The number of hydrogen-bond acceptors (Lipinski definition) is 11. The minimum atomic E-state index is -0.274. The molecule has 14 nitrogen and oxygen atoms in total. The molecule has 3 aromatic heterocycles. The molecular weight excluding hydrogens is 538 g/mol. The molecule has 1 aliphatic heterocycles. The Morgan fingerprint density at radius 2 is 1.90 bits per heavy atom. The van der Waals surface area contributed by atoms with Gasteiger partial charge in [-0.1, -0.05) is 6.07 Å². The Bertz CT molecular complexity index is 1560. The van der Waals surface area contributed by atoms with Crippen LogP contribution >= 0.6 is 0 Å². The van der Waals surface area contributed by atoms with E-state index >= 15 is 0 Å². The molecule has 0 unspecified atom stereocenters. The first-order valence-electron chi connectivity index (χ1n) is 14.2. The second-order valence-electron chi connectivity index (χ2n) is 10.7. The zero-order valence-electron chi connectivity index (χ0n) is 23.4. The van der Waals surface area contributed by atoms with Gasteiger partial charge in [0.05, 0.1) is 37.6 Å². The zero-order valence-corrected chi connectivity index (χ0v) is 23.4. The fraction of sp³-hybridized carbons (Fsp3) is 0.464. The van der Waals surface area contributed by atoms with Gasteiger partial charge in [0.15, 0.2) is 0 Å². The van der Waals surface area contributed by atoms with E-state index in [0.29, 0.717) is 35.5 Å². The summed E-state index contributed by atoms with van der Waals surface area (Å²) in [7, 11) is 0. The number of nitriles is 1. The van der Waals surface area contributed by atoms with Gasteiger partial charge in [0.2, 0.25) is 5.95 Å². The van der Waals surface area contributed by atoms with E-state index in [9.17, 15) is 10.1 Å². The van der Waals surface area contributed by atoms with Crippen LogP contribution in [0.3, 0.4) is 0 Å². The van der Waals surface area contributed by atoms with E-state index in [1.165, 1.54) is 6.33 Å². The smallest absolute Gasteiger partial charge is 0.287 e. The molecule has 6 rings (SSSR count). The predicted octanol–water partition coefficient (Wildman–Crippen LogP) is 2.52. The molecule has 1 atom stereocenters. The van der Waals surface area contributed by atoms with Crippen molar-refractivity contribution in [3.05, 3.63) is 59.0 Å². The number of morpholine rings is 1. The molecule has 14 heteroatoms. The molecule has 0 bridgehead atoms. The van der Waals surface area contributed by atoms with Crippen LogP contribution in [0, 0.1) is 11.3 Å². The highest BCUT2D eigenvalue weighted by Crippen LogP contribution is 2.32. The summed E-state index contributed by atoms with van der Waals surface area (Å²) in [6.45, 7) is 5.95. The molecule has 0 radical (unpaired) electrons. The Morgan fingerprint density at radius 1 is 1.14 bits per heavy atom. The van der Waals surface area contributed by atoms with E-state index in [4.69, 9.17) is 9.47 Å². The summed E-state index contributed by atoms with van der Waals surface area (Å²) < 4.78 is 15.0. The van der Waals surface area contributed by atoms with Crippen molar-refractivity contribution in [3.8, 4) is 22.9 Å². The molecule has 4 heterocycles. The number of ether oxygens (including phenoxy) is 2. The van der Waals surface area contributed by atoms with E-state index in [1.54, 1.807) is 29.2 Å². The molecule has 2 N–H and O–H groups in total. The molecule has 1 aliphatic carbocycles. The second-order valence-corrected chi connectivity index (χ2v) is 10.7. The maximum absolute atomic E-state index is 12.7. The van der Waals surface area contributed by atoms with Gasteiger partial charge in [-0.15, -0.1) is 5.10 Å². The van der Waals surface area contributed by atoms with Crippen LogP contribution in [0.2, 0.25) is 0 Å². The highest BCUT2D eigenvalue weighted by atomic mass is 16.5. The first kappa shape index (κ1) is 27.6. The van der Waals surface area contributed by atoms with E-state index in [1.807, 2.05) is 23.9 Å². The normalized spacial score (nSPS) is 20.1. The minimum absolute atomic E-state index is 0.206. The highest BCUT2D eigenvalue weighted by molar-refractivity contribution is 5.66. The number of tetrazole rings is 1. The van der Waals surface area contributed by atoms with Crippen LogP contribution in [0.15, 0.2) is 47.9 Å². The van der Waals surface area contributed by atoms with Crippen molar-refractivity contribution >= 4 is 11.6 Å². The summed E-state index contributed by atoms with van der Waals surface area (Å²) in [5.74, 6) is 0.767. The first-order valence-corrected chi connectivity index (χ1v) is 14.2. The Hall–Kier alpha value is -4.61. The Kier molecular flexibility index (Phi) is 8.20. The highest BCUT2D eigenvalue weighted by Gasteiger charge is 2.28. The maximum Gasteiger partial charge on any atom is 0.287 e. The summed E-state index contributed by atoms with van der Waals surface area (Å²) in [5.41, 5.74) is 2.15. The molecule has 2 aliphatic rings.